The zero-order valence-corrected chi connectivity index (χ0v) is 13.9. The molecule has 0 spiro atoms. The van der Waals surface area contributed by atoms with Crippen LogP contribution in [0.1, 0.15) is 12.8 Å². The van der Waals surface area contributed by atoms with Gasteiger partial charge in [0.2, 0.25) is 0 Å². The fourth-order valence-corrected chi connectivity index (χ4v) is 2.10. The molecule has 2 rings (SSSR count). The van der Waals surface area contributed by atoms with Gasteiger partial charge in [0.25, 0.3) is 0 Å². The number of aliphatic imine (C=N–C) groups is 1. The summed E-state index contributed by atoms with van der Waals surface area (Å²) in [6.07, 6.45) is 5.53. The van der Waals surface area contributed by atoms with Gasteiger partial charge in [0.05, 0.1) is 6.61 Å². The van der Waals surface area contributed by atoms with Crippen LogP contribution in [0.3, 0.4) is 0 Å². The number of ether oxygens (including phenoxy) is 1. The second-order valence-electron chi connectivity index (χ2n) is 5.20. The summed E-state index contributed by atoms with van der Waals surface area (Å²) >= 11 is 0. The second kappa shape index (κ2) is 10.3. The summed E-state index contributed by atoms with van der Waals surface area (Å²) in [5, 5.41) is 10.7. The molecule has 0 bridgehead atoms. The number of hydrogen-bond donors (Lipinski definition) is 2. The number of guanidine groups is 1. The Morgan fingerprint density at radius 3 is 2.62 bits per heavy atom. The topological polar surface area (TPSA) is 63.5 Å². The third kappa shape index (κ3) is 6.68. The molecule has 0 saturated carbocycles. The van der Waals surface area contributed by atoms with E-state index in [0.717, 1.165) is 38.4 Å². The van der Waals surface area contributed by atoms with E-state index in [1.807, 2.05) is 16.9 Å². The highest BCUT2D eigenvalue weighted by Gasteiger charge is 1.98. The van der Waals surface area contributed by atoms with Crippen molar-refractivity contribution in [3.63, 3.8) is 0 Å². The number of aryl methyl sites for hydroxylation is 1. The van der Waals surface area contributed by atoms with Crippen molar-refractivity contribution in [3.8, 4) is 5.75 Å². The molecule has 0 saturated heterocycles. The highest BCUT2D eigenvalue weighted by Crippen LogP contribution is 2.10. The lowest BCUT2D eigenvalue weighted by molar-refractivity contribution is 0.310. The highest BCUT2D eigenvalue weighted by molar-refractivity contribution is 5.79. The summed E-state index contributed by atoms with van der Waals surface area (Å²) < 4.78 is 20.2. The first-order valence-corrected chi connectivity index (χ1v) is 8.08. The van der Waals surface area contributed by atoms with Gasteiger partial charge in [-0.3, -0.25) is 9.67 Å². The van der Waals surface area contributed by atoms with Crippen LogP contribution in [0.25, 0.3) is 0 Å². The van der Waals surface area contributed by atoms with E-state index in [4.69, 9.17) is 4.74 Å². The molecule has 0 aliphatic rings. The van der Waals surface area contributed by atoms with Crippen molar-refractivity contribution >= 4 is 5.96 Å². The van der Waals surface area contributed by atoms with E-state index in [1.54, 1.807) is 25.4 Å². The first-order chi connectivity index (χ1) is 11.8. The molecular weight excluding hydrogens is 309 g/mol. The quantitative estimate of drug-likeness (QED) is 0.419. The third-order valence-corrected chi connectivity index (χ3v) is 3.34. The smallest absolute Gasteiger partial charge is 0.190 e. The monoisotopic (exact) mass is 333 g/mol. The molecule has 1 aromatic heterocycles. The van der Waals surface area contributed by atoms with Crippen LogP contribution < -0.4 is 15.4 Å². The molecular formula is C17H24FN5O. The van der Waals surface area contributed by atoms with E-state index in [9.17, 15) is 4.39 Å². The van der Waals surface area contributed by atoms with E-state index in [1.165, 1.54) is 12.1 Å². The average Bonchev–Trinajstić information content (AvgIpc) is 3.11. The van der Waals surface area contributed by atoms with E-state index in [0.29, 0.717) is 12.4 Å². The van der Waals surface area contributed by atoms with Crippen LogP contribution >= 0.6 is 0 Å². The molecule has 0 aliphatic heterocycles. The number of benzene rings is 1. The number of aromatic nitrogens is 2. The third-order valence-electron chi connectivity index (χ3n) is 3.34. The molecule has 0 radical (unpaired) electrons. The van der Waals surface area contributed by atoms with E-state index >= 15 is 0 Å². The normalized spacial score (nSPS) is 11.3. The minimum Gasteiger partial charge on any atom is -0.494 e. The summed E-state index contributed by atoms with van der Waals surface area (Å²) in [5.41, 5.74) is 0. The number of rotatable bonds is 9. The number of halogens is 1. The van der Waals surface area contributed by atoms with E-state index < -0.39 is 0 Å². The van der Waals surface area contributed by atoms with Crippen molar-refractivity contribution in [2.24, 2.45) is 4.99 Å². The number of nitrogens with zero attached hydrogens (tertiary/aromatic N) is 3. The zero-order chi connectivity index (χ0) is 17.0. The molecule has 1 heterocycles. The fraction of sp³-hybridized carbons (Fsp3) is 0.412. The van der Waals surface area contributed by atoms with Gasteiger partial charge in [-0.15, -0.1) is 0 Å². The van der Waals surface area contributed by atoms with Gasteiger partial charge in [-0.25, -0.2) is 4.39 Å². The molecule has 0 atom stereocenters. The predicted octanol–water partition coefficient (Wildman–Crippen LogP) is 2.05. The number of hydrogen-bond acceptors (Lipinski definition) is 3. The molecule has 2 N–H and O–H groups in total. The molecule has 0 unspecified atom stereocenters. The largest absolute Gasteiger partial charge is 0.494 e. The summed E-state index contributed by atoms with van der Waals surface area (Å²) in [4.78, 5) is 4.18. The molecule has 24 heavy (non-hydrogen) atoms. The van der Waals surface area contributed by atoms with Crippen LogP contribution in [0.4, 0.5) is 4.39 Å². The van der Waals surface area contributed by atoms with Crippen molar-refractivity contribution < 1.29 is 9.13 Å². The van der Waals surface area contributed by atoms with Crippen LogP contribution in [-0.2, 0) is 6.54 Å². The van der Waals surface area contributed by atoms with Crippen molar-refractivity contribution in [1.29, 1.82) is 0 Å². The lowest BCUT2D eigenvalue weighted by Crippen LogP contribution is -2.38. The Morgan fingerprint density at radius 2 is 1.96 bits per heavy atom. The van der Waals surface area contributed by atoms with Gasteiger partial charge in [-0.2, -0.15) is 5.10 Å². The molecule has 2 aromatic rings. The Kier molecular flexibility index (Phi) is 7.59. The summed E-state index contributed by atoms with van der Waals surface area (Å²) in [5.74, 6) is 1.20. The van der Waals surface area contributed by atoms with Crippen molar-refractivity contribution in [1.82, 2.24) is 20.4 Å². The Labute approximate surface area is 141 Å². The second-order valence-corrected chi connectivity index (χ2v) is 5.20. The SMILES string of the molecule is CN=C(NCCCOc1ccc(F)cc1)NCCCn1cccn1. The number of nitrogens with one attached hydrogen (secondary N) is 2. The molecule has 0 aliphatic carbocycles. The minimum absolute atomic E-state index is 0.258. The van der Waals surface area contributed by atoms with Crippen molar-refractivity contribution in [2.75, 3.05) is 26.7 Å². The minimum atomic E-state index is -0.258. The van der Waals surface area contributed by atoms with Crippen LogP contribution in [0.5, 0.6) is 5.75 Å². The predicted molar refractivity (Wildman–Crippen MR) is 92.7 cm³/mol. The Hall–Kier alpha value is -2.57. The van der Waals surface area contributed by atoms with E-state index in [-0.39, 0.29) is 5.82 Å². The molecule has 7 heteroatoms. The van der Waals surface area contributed by atoms with Gasteiger partial charge in [-0.1, -0.05) is 0 Å². The molecule has 0 fully saturated rings. The Balaban J connectivity index is 1.52. The zero-order valence-electron chi connectivity index (χ0n) is 13.9. The van der Waals surface area contributed by atoms with Gasteiger partial charge < -0.3 is 15.4 Å². The molecule has 6 nitrogen and oxygen atoms in total. The van der Waals surface area contributed by atoms with Gasteiger partial charge in [0.15, 0.2) is 5.96 Å². The molecule has 1 aromatic carbocycles. The van der Waals surface area contributed by atoms with Crippen LogP contribution in [-0.4, -0.2) is 42.5 Å². The standard InChI is InChI=1S/C17H24FN5O/c1-19-17(20-9-2-12-23-13-3-11-22-23)21-10-4-14-24-16-7-5-15(18)6-8-16/h3,5-8,11,13H,2,4,9-10,12,14H2,1H3,(H2,19,20,21). The molecule has 0 amide bonds. The Bertz CT molecular complexity index is 598. The lowest BCUT2D eigenvalue weighted by Gasteiger charge is -2.12. The maximum Gasteiger partial charge on any atom is 0.190 e. The first-order valence-electron chi connectivity index (χ1n) is 8.08. The van der Waals surface area contributed by atoms with Crippen LogP contribution in [0.15, 0.2) is 47.7 Å². The van der Waals surface area contributed by atoms with Gasteiger partial charge in [0.1, 0.15) is 11.6 Å². The summed E-state index contributed by atoms with van der Waals surface area (Å²) in [6, 6.07) is 7.96. The maximum absolute atomic E-state index is 12.8. The fourth-order valence-electron chi connectivity index (χ4n) is 2.10. The van der Waals surface area contributed by atoms with Gasteiger partial charge in [-0.05, 0) is 43.2 Å². The van der Waals surface area contributed by atoms with Gasteiger partial charge >= 0.3 is 0 Å². The van der Waals surface area contributed by atoms with Crippen LogP contribution in [0, 0.1) is 5.82 Å². The highest BCUT2D eigenvalue weighted by atomic mass is 19.1. The first kappa shape index (κ1) is 17.8. The van der Waals surface area contributed by atoms with Crippen molar-refractivity contribution in [2.45, 2.75) is 19.4 Å². The van der Waals surface area contributed by atoms with Gasteiger partial charge in [0, 0.05) is 39.1 Å². The average molecular weight is 333 g/mol. The van der Waals surface area contributed by atoms with E-state index in [2.05, 4.69) is 20.7 Å². The lowest BCUT2D eigenvalue weighted by atomic mass is 10.3. The summed E-state index contributed by atoms with van der Waals surface area (Å²) in [7, 11) is 1.75. The summed E-state index contributed by atoms with van der Waals surface area (Å²) in [6.45, 7) is 3.02. The molecule has 130 valence electrons. The van der Waals surface area contributed by atoms with Crippen molar-refractivity contribution in [3.05, 3.63) is 48.5 Å². The maximum atomic E-state index is 12.8. The van der Waals surface area contributed by atoms with Crippen LogP contribution in [0.2, 0.25) is 0 Å². The Morgan fingerprint density at radius 1 is 1.21 bits per heavy atom.